The Bertz CT molecular complexity index is 637. The van der Waals surface area contributed by atoms with Gasteiger partial charge in [0.05, 0.1) is 41.2 Å². The zero-order chi connectivity index (χ0) is 21.9. The lowest BCUT2D eigenvalue weighted by atomic mass is 9.98. The van der Waals surface area contributed by atoms with Gasteiger partial charge in [-0.05, 0) is 83.0 Å². The third-order valence-electron chi connectivity index (χ3n) is 5.94. The number of hydrogen-bond donors (Lipinski definition) is 0. The molecule has 1 saturated carbocycles. The molecule has 2 fully saturated rings. The van der Waals surface area contributed by atoms with E-state index in [1.165, 1.54) is 42.1 Å². The van der Waals surface area contributed by atoms with Crippen LogP contribution in [-0.4, -0.2) is 45.7 Å². The maximum Gasteiger partial charge on any atom is 0.188 e. The molecule has 2 atom stereocenters. The number of rotatable bonds is 8. The van der Waals surface area contributed by atoms with E-state index in [0.29, 0.717) is 26.4 Å². The van der Waals surface area contributed by atoms with Gasteiger partial charge in [0.15, 0.2) is 6.29 Å². The van der Waals surface area contributed by atoms with Crippen molar-refractivity contribution in [2.24, 2.45) is 0 Å². The van der Waals surface area contributed by atoms with Gasteiger partial charge in [-0.2, -0.15) is 0 Å². The maximum absolute atomic E-state index is 6.59. The molecule has 1 aliphatic carbocycles. The summed E-state index contributed by atoms with van der Waals surface area (Å²) in [7, 11) is 1.68. The van der Waals surface area contributed by atoms with Crippen LogP contribution in [0, 0.1) is 7.14 Å². The largest absolute Gasteiger partial charge is 0.490 e. The number of benzene rings is 1. The molecular formula is C24H36I2O5. The molecule has 176 valence electrons. The highest BCUT2D eigenvalue weighted by molar-refractivity contribution is 14.1. The van der Waals surface area contributed by atoms with Crippen molar-refractivity contribution in [2.75, 3.05) is 33.5 Å². The lowest BCUT2D eigenvalue weighted by Crippen LogP contribution is -2.20. The van der Waals surface area contributed by atoms with Gasteiger partial charge in [-0.3, -0.25) is 0 Å². The van der Waals surface area contributed by atoms with Gasteiger partial charge in [0, 0.05) is 10.7 Å². The highest BCUT2D eigenvalue weighted by Crippen LogP contribution is 2.39. The molecule has 3 rings (SSSR count). The first-order valence-electron chi connectivity index (χ1n) is 11.7. The second kappa shape index (κ2) is 14.6. The molecule has 1 heterocycles. The van der Waals surface area contributed by atoms with Gasteiger partial charge in [0.2, 0.25) is 0 Å². The van der Waals surface area contributed by atoms with Crippen LogP contribution in [0.25, 0.3) is 0 Å². The number of ether oxygens (including phenoxy) is 5. The van der Waals surface area contributed by atoms with Gasteiger partial charge in [-0.1, -0.05) is 38.5 Å². The van der Waals surface area contributed by atoms with Crippen LogP contribution in [0.5, 0.6) is 5.75 Å². The summed E-state index contributed by atoms with van der Waals surface area (Å²) < 4.78 is 32.2. The normalized spacial score (nSPS) is 25.5. The Balaban J connectivity index is 1.74. The highest BCUT2D eigenvalue weighted by atomic mass is 127. The summed E-state index contributed by atoms with van der Waals surface area (Å²) in [6, 6.07) is 4.30. The third kappa shape index (κ3) is 8.88. The predicted octanol–water partition coefficient (Wildman–Crippen LogP) is 6.63. The second-order valence-electron chi connectivity index (χ2n) is 8.38. The fourth-order valence-electron chi connectivity index (χ4n) is 4.27. The fraction of sp³-hybridized carbons (Fsp3) is 0.750. The Hall–Kier alpha value is 0.320. The molecule has 1 aromatic rings. The van der Waals surface area contributed by atoms with E-state index < -0.39 is 0 Å². The van der Waals surface area contributed by atoms with E-state index in [1.807, 2.05) is 0 Å². The smallest absolute Gasteiger partial charge is 0.188 e. The molecule has 7 heteroatoms. The molecule has 2 aliphatic rings. The van der Waals surface area contributed by atoms with Crippen molar-refractivity contribution >= 4 is 45.2 Å². The maximum atomic E-state index is 6.59. The molecule has 0 N–H and O–H groups in total. The predicted molar refractivity (Wildman–Crippen MR) is 139 cm³/mol. The monoisotopic (exact) mass is 658 g/mol. The van der Waals surface area contributed by atoms with Gasteiger partial charge in [-0.15, -0.1) is 0 Å². The molecule has 31 heavy (non-hydrogen) atoms. The summed E-state index contributed by atoms with van der Waals surface area (Å²) >= 11 is 4.72. The van der Waals surface area contributed by atoms with E-state index >= 15 is 0 Å². The van der Waals surface area contributed by atoms with Gasteiger partial charge >= 0.3 is 0 Å². The van der Waals surface area contributed by atoms with Crippen molar-refractivity contribution in [2.45, 2.75) is 82.7 Å². The Morgan fingerprint density at radius 2 is 1.42 bits per heavy atom. The zero-order valence-corrected chi connectivity index (χ0v) is 22.9. The molecule has 5 nitrogen and oxygen atoms in total. The number of methoxy groups -OCH3 is 1. The van der Waals surface area contributed by atoms with Crippen molar-refractivity contribution in [3.63, 3.8) is 0 Å². The fourth-order valence-corrected chi connectivity index (χ4v) is 6.31. The van der Waals surface area contributed by atoms with E-state index in [4.69, 9.17) is 23.7 Å². The van der Waals surface area contributed by atoms with Crippen LogP contribution >= 0.6 is 45.2 Å². The van der Waals surface area contributed by atoms with E-state index in [2.05, 4.69) is 57.3 Å². The van der Waals surface area contributed by atoms with E-state index in [1.54, 1.807) is 7.11 Å². The Labute approximate surface area is 214 Å². The molecule has 1 aliphatic heterocycles. The zero-order valence-electron chi connectivity index (χ0n) is 18.6. The van der Waals surface area contributed by atoms with Gasteiger partial charge < -0.3 is 23.7 Å². The van der Waals surface area contributed by atoms with Crippen LogP contribution in [0.3, 0.4) is 0 Å². The molecule has 2 unspecified atom stereocenters. The quantitative estimate of drug-likeness (QED) is 0.232. The van der Waals surface area contributed by atoms with Crippen molar-refractivity contribution in [3.05, 3.63) is 24.8 Å². The highest BCUT2D eigenvalue weighted by Gasteiger charge is 2.30. The van der Waals surface area contributed by atoms with Crippen LogP contribution in [0.2, 0.25) is 0 Å². The molecule has 1 saturated heterocycles. The summed E-state index contributed by atoms with van der Waals surface area (Å²) in [5.74, 6) is 0.866. The van der Waals surface area contributed by atoms with Crippen LogP contribution < -0.4 is 4.74 Å². The molecule has 2 bridgehead atoms. The van der Waals surface area contributed by atoms with Crippen LogP contribution in [0.1, 0.15) is 76.1 Å². The van der Waals surface area contributed by atoms with Crippen molar-refractivity contribution < 1.29 is 23.7 Å². The van der Waals surface area contributed by atoms with Crippen LogP contribution in [-0.2, 0) is 18.9 Å². The summed E-state index contributed by atoms with van der Waals surface area (Å²) in [6.07, 6.45) is 12.4. The number of halogens is 2. The molecule has 0 spiro atoms. The minimum atomic E-state index is -0.370. The molecule has 1 aromatic carbocycles. The minimum Gasteiger partial charge on any atom is -0.490 e. The van der Waals surface area contributed by atoms with E-state index in [-0.39, 0.29) is 18.5 Å². The lowest BCUT2D eigenvalue weighted by Gasteiger charge is -2.26. The van der Waals surface area contributed by atoms with Crippen LogP contribution in [0.4, 0.5) is 0 Å². The average molecular weight is 658 g/mol. The van der Waals surface area contributed by atoms with Crippen molar-refractivity contribution in [1.82, 2.24) is 0 Å². The van der Waals surface area contributed by atoms with Crippen LogP contribution in [0.15, 0.2) is 12.1 Å². The molecule has 0 amide bonds. The standard InChI is InChI=1S/C24H36I2O5/c1-27-12-13-28-14-15-29-23-21(16-18(25)17-22(23)26)24-30-19-8-6-4-2-3-5-7-9-20(31-24)11-10-19/h16-17,19-20,24H,2-15H2,1H3. The van der Waals surface area contributed by atoms with Crippen molar-refractivity contribution in [3.8, 4) is 5.75 Å². The lowest BCUT2D eigenvalue weighted by molar-refractivity contribution is -0.182. The molecule has 0 radical (unpaired) electrons. The molecular weight excluding hydrogens is 622 g/mol. The van der Waals surface area contributed by atoms with Gasteiger partial charge in [-0.25, -0.2) is 0 Å². The number of fused-ring (bicyclic) bond motifs is 3. The number of hydrogen-bond acceptors (Lipinski definition) is 5. The van der Waals surface area contributed by atoms with E-state index in [0.717, 1.165) is 40.6 Å². The van der Waals surface area contributed by atoms with Gasteiger partial charge in [0.25, 0.3) is 0 Å². The Morgan fingerprint density at radius 1 is 0.806 bits per heavy atom. The first kappa shape index (κ1) is 25.9. The summed E-state index contributed by atoms with van der Waals surface area (Å²) in [5.41, 5.74) is 1.01. The Morgan fingerprint density at radius 3 is 2.06 bits per heavy atom. The van der Waals surface area contributed by atoms with Gasteiger partial charge in [0.1, 0.15) is 12.4 Å². The third-order valence-corrected chi connectivity index (χ3v) is 7.37. The summed E-state index contributed by atoms with van der Waals surface area (Å²) in [6.45, 7) is 2.20. The summed E-state index contributed by atoms with van der Waals surface area (Å²) in [4.78, 5) is 0. The first-order chi connectivity index (χ1) is 15.2. The van der Waals surface area contributed by atoms with E-state index in [9.17, 15) is 0 Å². The summed E-state index contributed by atoms with van der Waals surface area (Å²) in [5, 5.41) is 0. The Kier molecular flexibility index (Phi) is 12.2. The first-order valence-corrected chi connectivity index (χ1v) is 13.8. The SMILES string of the molecule is COCCOCCOc1c(I)cc(I)cc1C1OC2CCCCCCCCC(CC2)O1. The topological polar surface area (TPSA) is 46.2 Å². The molecule has 0 aromatic heterocycles. The van der Waals surface area contributed by atoms with Crippen molar-refractivity contribution in [1.29, 1.82) is 0 Å². The average Bonchev–Trinajstić information content (AvgIpc) is 2.93. The minimum absolute atomic E-state index is 0.259. The second-order valence-corrected chi connectivity index (χ2v) is 10.8.